The highest BCUT2D eigenvalue weighted by molar-refractivity contribution is 6.17. The van der Waals surface area contributed by atoms with Crippen molar-refractivity contribution in [2.75, 3.05) is 0 Å². The Morgan fingerprint density at radius 3 is 0.947 bits per heavy atom. The SMILES string of the molecule is c1ccc(-c2nc(-c3ccc(-c4cccc5c4c4ccccc4n5-c4ccccc4)cc3)cc(-c3ccc4c(c3)C3c5ccccc5C4c4cc(-c5cc(-c6ccc(-c7cccc8c7c7ccccc7n8-c7ccccc7)cc6)nc(-c6ccccc6)n5)ccc43)n2)cc1. The molecular weight excluding hydrogens is 1140 g/mol. The van der Waals surface area contributed by atoms with E-state index in [4.69, 9.17) is 19.9 Å². The summed E-state index contributed by atoms with van der Waals surface area (Å²) in [5.41, 5.74) is 29.3. The maximum absolute atomic E-state index is 5.38. The van der Waals surface area contributed by atoms with Gasteiger partial charge < -0.3 is 9.13 Å². The van der Waals surface area contributed by atoms with Crippen molar-refractivity contribution >= 4 is 43.6 Å². The lowest BCUT2D eigenvalue weighted by atomic mass is 9.60. The Balaban J connectivity index is 0.681. The van der Waals surface area contributed by atoms with Crippen LogP contribution >= 0.6 is 0 Å². The fourth-order valence-corrected chi connectivity index (χ4v) is 15.3. The Morgan fingerprint density at radius 2 is 0.532 bits per heavy atom. The zero-order valence-electron chi connectivity index (χ0n) is 51.0. The molecule has 2 bridgehead atoms. The number of fused-ring (bicyclic) bond motifs is 6. The van der Waals surface area contributed by atoms with E-state index in [1.165, 1.54) is 88.1 Å². The van der Waals surface area contributed by atoms with Gasteiger partial charge in [0.25, 0.3) is 0 Å². The summed E-state index contributed by atoms with van der Waals surface area (Å²) in [4.78, 5) is 21.4. The van der Waals surface area contributed by atoms with Crippen LogP contribution in [0.1, 0.15) is 45.2 Å². The van der Waals surface area contributed by atoms with E-state index >= 15 is 0 Å². The van der Waals surface area contributed by atoms with E-state index in [2.05, 4.69) is 325 Å². The molecule has 4 heterocycles. The molecule has 0 amide bonds. The van der Waals surface area contributed by atoms with Crippen molar-refractivity contribution < 1.29 is 0 Å². The molecule has 13 aromatic carbocycles. The summed E-state index contributed by atoms with van der Waals surface area (Å²) < 4.78 is 4.76. The summed E-state index contributed by atoms with van der Waals surface area (Å²) in [7, 11) is 0. The molecule has 0 saturated heterocycles. The van der Waals surface area contributed by atoms with Crippen LogP contribution in [-0.4, -0.2) is 29.1 Å². The van der Waals surface area contributed by atoms with Crippen LogP contribution < -0.4 is 0 Å². The third kappa shape index (κ3) is 8.64. The van der Waals surface area contributed by atoms with Gasteiger partial charge >= 0.3 is 0 Å². The first-order chi connectivity index (χ1) is 46.6. The second kappa shape index (κ2) is 21.7. The number of aromatic nitrogens is 6. The van der Waals surface area contributed by atoms with Gasteiger partial charge in [-0.05, 0) is 128 Å². The fourth-order valence-electron chi connectivity index (χ4n) is 15.3. The minimum Gasteiger partial charge on any atom is -0.309 e. The molecule has 3 aliphatic carbocycles. The van der Waals surface area contributed by atoms with Crippen LogP contribution in [0.15, 0.2) is 328 Å². The summed E-state index contributed by atoms with van der Waals surface area (Å²) in [5.74, 6) is 1.43. The van der Waals surface area contributed by atoms with Crippen molar-refractivity contribution in [2.45, 2.75) is 11.8 Å². The van der Waals surface area contributed by atoms with Crippen LogP contribution in [0.5, 0.6) is 0 Å². The van der Waals surface area contributed by atoms with Gasteiger partial charge in [-0.3, -0.25) is 0 Å². The molecule has 6 nitrogen and oxygen atoms in total. The molecule has 20 rings (SSSR count). The highest BCUT2D eigenvalue weighted by Crippen LogP contribution is 2.57. The molecule has 94 heavy (non-hydrogen) atoms. The summed E-state index contributed by atoms with van der Waals surface area (Å²) in [6.45, 7) is 0. The summed E-state index contributed by atoms with van der Waals surface area (Å²) in [5, 5.41) is 4.93. The molecular formula is C88H56N6. The normalized spacial score (nSPS) is 13.7. The number of rotatable bonds is 10. The topological polar surface area (TPSA) is 61.4 Å². The molecule has 0 radical (unpaired) electrons. The minimum absolute atomic E-state index is 0.0221. The quantitative estimate of drug-likeness (QED) is 0.137. The van der Waals surface area contributed by atoms with Crippen molar-refractivity contribution in [3.05, 3.63) is 361 Å². The standard InChI is InChI=1S/C88H56N6/c1-5-21-59(22-6-1)87-89-75(57-43-39-55(40-44-57)65-33-19-37-81-85(65)71-31-15-17-35-79(71)93(81)63-25-9-3-10-26-63)53-77(91-87)61-47-49-69-73(51-61)83-67-29-13-14-30-68(67)84(69)74-52-62(48-50-70(74)83)78-54-76(90-88(92-78)60-23-7-2-8-24-60)58-45-41-56(42-46-58)66-34-20-38-82-86(66)72-32-16-18-36-80(72)94(82)64-27-11-4-12-28-64/h1-54,83-84H. The van der Waals surface area contributed by atoms with Gasteiger partial charge in [0, 0.05) is 78.1 Å². The van der Waals surface area contributed by atoms with Gasteiger partial charge in [-0.25, -0.2) is 19.9 Å². The lowest BCUT2D eigenvalue weighted by Gasteiger charge is -2.42. The van der Waals surface area contributed by atoms with Gasteiger partial charge in [0.05, 0.1) is 44.8 Å². The Hall–Kier alpha value is -12.4. The van der Waals surface area contributed by atoms with Crippen molar-refractivity contribution in [3.63, 3.8) is 0 Å². The monoisotopic (exact) mass is 1200 g/mol. The Labute approximate surface area is 543 Å². The van der Waals surface area contributed by atoms with E-state index in [9.17, 15) is 0 Å². The average molecular weight is 1200 g/mol. The number of hydrogen-bond acceptors (Lipinski definition) is 4. The van der Waals surface area contributed by atoms with Crippen molar-refractivity contribution in [1.82, 2.24) is 29.1 Å². The van der Waals surface area contributed by atoms with E-state index in [1.807, 2.05) is 12.1 Å². The molecule has 2 atom stereocenters. The molecule has 6 heteroatoms. The van der Waals surface area contributed by atoms with Crippen LogP contribution in [-0.2, 0) is 0 Å². The molecule has 0 saturated carbocycles. The molecule has 3 aliphatic rings. The summed E-state index contributed by atoms with van der Waals surface area (Å²) >= 11 is 0. The summed E-state index contributed by atoms with van der Waals surface area (Å²) in [6, 6.07) is 118. The predicted molar refractivity (Wildman–Crippen MR) is 385 cm³/mol. The third-order valence-corrected chi connectivity index (χ3v) is 19.6. The van der Waals surface area contributed by atoms with Crippen LogP contribution in [0.25, 0.3) is 145 Å². The van der Waals surface area contributed by atoms with Crippen molar-refractivity contribution in [2.24, 2.45) is 0 Å². The van der Waals surface area contributed by atoms with E-state index in [0.29, 0.717) is 11.6 Å². The second-order valence-corrected chi connectivity index (χ2v) is 24.8. The van der Waals surface area contributed by atoms with E-state index < -0.39 is 0 Å². The Morgan fingerprint density at radius 1 is 0.213 bits per heavy atom. The average Bonchev–Trinajstić information content (AvgIpc) is 0.980. The molecule has 0 aliphatic heterocycles. The van der Waals surface area contributed by atoms with Gasteiger partial charge in [0.2, 0.25) is 0 Å². The van der Waals surface area contributed by atoms with Crippen LogP contribution in [0.4, 0.5) is 0 Å². The zero-order valence-corrected chi connectivity index (χ0v) is 51.0. The van der Waals surface area contributed by atoms with E-state index in [1.54, 1.807) is 0 Å². The maximum Gasteiger partial charge on any atom is 0.160 e. The Bertz CT molecular complexity index is 5470. The molecule has 2 unspecified atom stereocenters. The van der Waals surface area contributed by atoms with Gasteiger partial charge in [-0.15, -0.1) is 0 Å². The van der Waals surface area contributed by atoms with Gasteiger partial charge in [-0.1, -0.05) is 255 Å². The number of nitrogens with zero attached hydrogens (tertiary/aromatic N) is 6. The predicted octanol–water partition coefficient (Wildman–Crippen LogP) is 21.8. The largest absolute Gasteiger partial charge is 0.309 e. The molecule has 0 fully saturated rings. The lowest BCUT2D eigenvalue weighted by Crippen LogP contribution is -2.27. The second-order valence-electron chi connectivity index (χ2n) is 24.8. The van der Waals surface area contributed by atoms with Crippen LogP contribution in [0, 0.1) is 0 Å². The van der Waals surface area contributed by atoms with Gasteiger partial charge in [0.1, 0.15) is 0 Å². The first kappa shape index (κ1) is 53.5. The molecule has 0 spiro atoms. The molecule has 438 valence electrons. The Kier molecular flexibility index (Phi) is 12.3. The highest BCUT2D eigenvalue weighted by Gasteiger charge is 2.41. The lowest BCUT2D eigenvalue weighted by molar-refractivity contribution is 0.755. The highest BCUT2D eigenvalue weighted by atomic mass is 15.0. The van der Waals surface area contributed by atoms with Crippen LogP contribution in [0.2, 0.25) is 0 Å². The van der Waals surface area contributed by atoms with E-state index in [0.717, 1.165) is 78.7 Å². The van der Waals surface area contributed by atoms with E-state index in [-0.39, 0.29) is 11.8 Å². The van der Waals surface area contributed by atoms with Crippen LogP contribution in [0.3, 0.4) is 0 Å². The van der Waals surface area contributed by atoms with Gasteiger partial charge in [-0.2, -0.15) is 0 Å². The van der Waals surface area contributed by atoms with Crippen molar-refractivity contribution in [1.29, 1.82) is 0 Å². The zero-order chi connectivity index (χ0) is 61.8. The molecule has 0 N–H and O–H groups in total. The minimum atomic E-state index is 0.0221. The number of para-hydroxylation sites is 4. The first-order valence-corrected chi connectivity index (χ1v) is 32.2. The maximum atomic E-state index is 5.38. The fraction of sp³-hybridized carbons (Fsp3) is 0.0227. The molecule has 17 aromatic rings. The molecule has 4 aromatic heterocycles. The van der Waals surface area contributed by atoms with Gasteiger partial charge in [0.15, 0.2) is 11.6 Å². The smallest absolute Gasteiger partial charge is 0.160 e. The summed E-state index contributed by atoms with van der Waals surface area (Å²) in [6.07, 6.45) is 0. The van der Waals surface area contributed by atoms with Crippen molar-refractivity contribution in [3.8, 4) is 101 Å². The first-order valence-electron chi connectivity index (χ1n) is 32.2. The number of benzene rings is 13. The number of hydrogen-bond donors (Lipinski definition) is 0. The third-order valence-electron chi connectivity index (χ3n) is 19.6.